The SMILES string of the molecule is C[C@H](OC(=O)c1cc(Cl)cc(Cl)c1N)C(=O)N[C@@H]1CCS(=O)(=O)C1. The van der Waals surface area contributed by atoms with Gasteiger partial charge in [-0.1, -0.05) is 23.2 Å². The highest BCUT2D eigenvalue weighted by Gasteiger charge is 2.31. The van der Waals surface area contributed by atoms with E-state index in [1.807, 2.05) is 0 Å². The Balaban J connectivity index is 2.00. The number of ether oxygens (including phenoxy) is 1. The van der Waals surface area contributed by atoms with Crippen molar-refractivity contribution in [1.29, 1.82) is 0 Å². The third kappa shape index (κ3) is 4.52. The van der Waals surface area contributed by atoms with E-state index < -0.39 is 33.9 Å². The molecule has 2 atom stereocenters. The molecule has 0 aromatic heterocycles. The standard InChI is InChI=1S/C14H16Cl2N2O5S/c1-7(13(19)18-9-2-3-24(21,22)6-9)23-14(20)10-4-8(15)5-11(16)12(10)17/h4-5,7,9H,2-3,6,17H2,1H3,(H,18,19)/t7-,9+/m0/s1. The van der Waals surface area contributed by atoms with Crippen molar-refractivity contribution in [3.05, 3.63) is 27.7 Å². The van der Waals surface area contributed by atoms with Gasteiger partial charge in [0.05, 0.1) is 27.8 Å². The van der Waals surface area contributed by atoms with E-state index in [2.05, 4.69) is 5.32 Å². The number of carbonyl (C=O) groups is 2. The molecule has 1 aromatic rings. The molecule has 132 valence electrons. The highest BCUT2D eigenvalue weighted by molar-refractivity contribution is 7.91. The molecule has 24 heavy (non-hydrogen) atoms. The van der Waals surface area contributed by atoms with Gasteiger partial charge in [-0.05, 0) is 25.5 Å². The number of nitrogens with two attached hydrogens (primary N) is 1. The molecule has 0 unspecified atom stereocenters. The van der Waals surface area contributed by atoms with Crippen LogP contribution in [0.5, 0.6) is 0 Å². The first kappa shape index (κ1) is 18.8. The van der Waals surface area contributed by atoms with Crippen LogP contribution in [-0.2, 0) is 19.4 Å². The van der Waals surface area contributed by atoms with Crippen molar-refractivity contribution < 1.29 is 22.7 Å². The fourth-order valence-corrected chi connectivity index (χ4v) is 4.43. The number of hydrogen-bond acceptors (Lipinski definition) is 6. The van der Waals surface area contributed by atoms with Crippen molar-refractivity contribution in [3.8, 4) is 0 Å². The lowest BCUT2D eigenvalue weighted by molar-refractivity contribution is -0.129. The Hall–Kier alpha value is -1.51. The van der Waals surface area contributed by atoms with Crippen LogP contribution in [0.25, 0.3) is 0 Å². The summed E-state index contributed by atoms with van der Waals surface area (Å²) in [5.41, 5.74) is 5.66. The number of amides is 1. The molecular weight excluding hydrogens is 379 g/mol. The average Bonchev–Trinajstić information content (AvgIpc) is 2.81. The fourth-order valence-electron chi connectivity index (χ4n) is 2.26. The van der Waals surface area contributed by atoms with Crippen molar-refractivity contribution in [3.63, 3.8) is 0 Å². The minimum atomic E-state index is -3.12. The van der Waals surface area contributed by atoms with Crippen LogP contribution in [0.4, 0.5) is 5.69 Å². The molecule has 1 heterocycles. The van der Waals surface area contributed by atoms with E-state index in [0.717, 1.165) is 0 Å². The first-order chi connectivity index (χ1) is 11.1. The first-order valence-electron chi connectivity index (χ1n) is 7.05. The second-order valence-electron chi connectivity index (χ2n) is 5.50. The van der Waals surface area contributed by atoms with Crippen LogP contribution < -0.4 is 11.1 Å². The zero-order valence-electron chi connectivity index (χ0n) is 12.7. The van der Waals surface area contributed by atoms with Crippen molar-refractivity contribution in [1.82, 2.24) is 5.32 Å². The van der Waals surface area contributed by atoms with E-state index in [4.69, 9.17) is 33.7 Å². The summed E-state index contributed by atoms with van der Waals surface area (Å²) < 4.78 is 27.8. The van der Waals surface area contributed by atoms with Gasteiger partial charge in [0.2, 0.25) is 0 Å². The topological polar surface area (TPSA) is 116 Å². The van der Waals surface area contributed by atoms with Gasteiger partial charge < -0.3 is 15.8 Å². The van der Waals surface area contributed by atoms with Gasteiger partial charge in [0.15, 0.2) is 15.9 Å². The van der Waals surface area contributed by atoms with E-state index >= 15 is 0 Å². The van der Waals surface area contributed by atoms with Crippen molar-refractivity contribution in [2.45, 2.75) is 25.5 Å². The summed E-state index contributed by atoms with van der Waals surface area (Å²) in [7, 11) is -3.12. The number of benzene rings is 1. The van der Waals surface area contributed by atoms with Crippen LogP contribution in [0.2, 0.25) is 10.0 Å². The molecular formula is C14H16Cl2N2O5S. The van der Waals surface area contributed by atoms with Gasteiger partial charge in [0.25, 0.3) is 5.91 Å². The number of hydrogen-bond donors (Lipinski definition) is 2. The Morgan fingerprint density at radius 1 is 1.38 bits per heavy atom. The normalized spacial score (nSPS) is 20.4. The molecule has 0 bridgehead atoms. The van der Waals surface area contributed by atoms with Crippen LogP contribution in [0, 0.1) is 0 Å². The molecule has 0 radical (unpaired) electrons. The smallest absolute Gasteiger partial charge is 0.341 e. The Kier molecular flexibility index (Phi) is 5.62. The Labute approximate surface area is 149 Å². The number of halogens is 2. The Morgan fingerprint density at radius 3 is 2.62 bits per heavy atom. The highest BCUT2D eigenvalue weighted by Crippen LogP contribution is 2.28. The summed E-state index contributed by atoms with van der Waals surface area (Å²) in [5.74, 6) is -1.52. The lowest BCUT2D eigenvalue weighted by Crippen LogP contribution is -2.42. The number of esters is 1. The van der Waals surface area contributed by atoms with Crippen LogP contribution in [0.1, 0.15) is 23.7 Å². The van der Waals surface area contributed by atoms with Gasteiger partial charge in [-0.25, -0.2) is 13.2 Å². The molecule has 0 spiro atoms. The van der Waals surface area contributed by atoms with E-state index in [1.165, 1.54) is 19.1 Å². The molecule has 1 amide bonds. The van der Waals surface area contributed by atoms with Crippen LogP contribution in [0.3, 0.4) is 0 Å². The number of nitrogens with one attached hydrogen (secondary N) is 1. The van der Waals surface area contributed by atoms with Crippen molar-refractivity contribution in [2.75, 3.05) is 17.2 Å². The molecule has 1 fully saturated rings. The van der Waals surface area contributed by atoms with Gasteiger partial charge in [-0.15, -0.1) is 0 Å². The maximum atomic E-state index is 12.1. The van der Waals surface area contributed by atoms with E-state index in [-0.39, 0.29) is 32.8 Å². The van der Waals surface area contributed by atoms with Gasteiger partial charge >= 0.3 is 5.97 Å². The molecule has 7 nitrogen and oxygen atoms in total. The van der Waals surface area contributed by atoms with Crippen LogP contribution >= 0.6 is 23.2 Å². The summed E-state index contributed by atoms with van der Waals surface area (Å²) in [6.07, 6.45) is -0.788. The molecule has 3 N–H and O–H groups in total. The predicted molar refractivity (Wildman–Crippen MR) is 91.0 cm³/mol. The highest BCUT2D eigenvalue weighted by atomic mass is 35.5. The van der Waals surface area contributed by atoms with Crippen LogP contribution in [0.15, 0.2) is 12.1 Å². The lowest BCUT2D eigenvalue weighted by Gasteiger charge is -2.17. The maximum absolute atomic E-state index is 12.1. The number of sulfone groups is 1. The monoisotopic (exact) mass is 394 g/mol. The Bertz CT molecular complexity index is 782. The molecule has 0 aliphatic carbocycles. The quantitative estimate of drug-likeness (QED) is 0.589. The number of anilines is 1. The van der Waals surface area contributed by atoms with Gasteiger partial charge in [0, 0.05) is 11.1 Å². The van der Waals surface area contributed by atoms with Gasteiger partial charge in [-0.3, -0.25) is 4.79 Å². The molecule has 1 aliphatic rings. The zero-order chi connectivity index (χ0) is 18.1. The number of rotatable bonds is 4. The maximum Gasteiger partial charge on any atom is 0.341 e. The lowest BCUT2D eigenvalue weighted by atomic mass is 10.2. The second-order valence-corrected chi connectivity index (χ2v) is 8.58. The van der Waals surface area contributed by atoms with E-state index in [0.29, 0.717) is 6.42 Å². The summed E-state index contributed by atoms with van der Waals surface area (Å²) >= 11 is 11.7. The largest absolute Gasteiger partial charge is 0.449 e. The van der Waals surface area contributed by atoms with Crippen LogP contribution in [-0.4, -0.2) is 43.9 Å². The molecule has 1 saturated heterocycles. The average molecular weight is 395 g/mol. The minimum absolute atomic E-state index is 0.000520. The second kappa shape index (κ2) is 7.16. The minimum Gasteiger partial charge on any atom is -0.449 e. The molecule has 0 saturated carbocycles. The summed E-state index contributed by atoms with van der Waals surface area (Å²) in [6.45, 7) is 1.37. The molecule has 2 rings (SSSR count). The molecule has 10 heteroatoms. The molecule has 1 aliphatic heterocycles. The third-order valence-electron chi connectivity index (χ3n) is 3.55. The Morgan fingerprint density at radius 2 is 2.04 bits per heavy atom. The van der Waals surface area contributed by atoms with Gasteiger partial charge in [-0.2, -0.15) is 0 Å². The first-order valence-corrected chi connectivity index (χ1v) is 9.63. The summed E-state index contributed by atoms with van der Waals surface area (Å²) in [6, 6.07) is 2.19. The molecule has 1 aromatic carbocycles. The number of nitrogen functional groups attached to an aromatic ring is 1. The third-order valence-corrected chi connectivity index (χ3v) is 5.84. The summed E-state index contributed by atoms with van der Waals surface area (Å²) in [4.78, 5) is 24.2. The van der Waals surface area contributed by atoms with Gasteiger partial charge in [0.1, 0.15) is 0 Å². The zero-order valence-corrected chi connectivity index (χ0v) is 15.0. The van der Waals surface area contributed by atoms with Crippen molar-refractivity contribution in [2.24, 2.45) is 0 Å². The predicted octanol–water partition coefficient (Wildman–Crippen LogP) is 1.42. The van der Waals surface area contributed by atoms with E-state index in [1.54, 1.807) is 0 Å². The number of carbonyl (C=O) groups excluding carboxylic acids is 2. The fraction of sp³-hybridized carbons (Fsp3) is 0.429. The van der Waals surface area contributed by atoms with Crippen molar-refractivity contribution >= 4 is 50.6 Å². The summed E-state index contributed by atoms with van der Waals surface area (Å²) in [5, 5.41) is 2.85. The van der Waals surface area contributed by atoms with E-state index in [9.17, 15) is 18.0 Å².